The molecule has 25 heavy (non-hydrogen) atoms. The van der Waals surface area contributed by atoms with E-state index in [9.17, 15) is 9.59 Å². The molecular weight excluding hydrogens is 338 g/mol. The van der Waals surface area contributed by atoms with Gasteiger partial charge in [-0.3, -0.25) is 9.69 Å². The Balaban J connectivity index is 1.62. The molecule has 0 aliphatic carbocycles. The number of nitrogens with zero attached hydrogens (tertiary/aromatic N) is 3. The number of rotatable bonds is 4. The van der Waals surface area contributed by atoms with E-state index in [0.717, 1.165) is 34.8 Å². The summed E-state index contributed by atoms with van der Waals surface area (Å²) in [5, 5.41) is 0.923. The van der Waals surface area contributed by atoms with Crippen molar-refractivity contribution >= 4 is 23.3 Å². The number of ether oxygens (including phenoxy) is 1. The van der Waals surface area contributed by atoms with Crippen molar-refractivity contribution < 1.29 is 14.3 Å². The molecule has 7 heteroatoms. The summed E-state index contributed by atoms with van der Waals surface area (Å²) in [6.07, 6.45) is 2.40. The van der Waals surface area contributed by atoms with Crippen molar-refractivity contribution in [2.24, 2.45) is 5.92 Å². The van der Waals surface area contributed by atoms with Crippen LogP contribution in [-0.2, 0) is 4.74 Å². The van der Waals surface area contributed by atoms with E-state index in [0.29, 0.717) is 25.6 Å². The zero-order chi connectivity index (χ0) is 18.1. The molecule has 2 aliphatic heterocycles. The van der Waals surface area contributed by atoms with E-state index in [1.54, 1.807) is 0 Å². The van der Waals surface area contributed by atoms with Gasteiger partial charge in [0.1, 0.15) is 11.5 Å². The summed E-state index contributed by atoms with van der Waals surface area (Å²) >= 11 is 1.46. The zero-order valence-corrected chi connectivity index (χ0v) is 16.3. The number of cyclic esters (lactones) is 1. The lowest BCUT2D eigenvalue weighted by atomic mass is 9.98. The number of aryl methyl sites for hydroxylation is 2. The molecule has 0 bridgehead atoms. The van der Waals surface area contributed by atoms with E-state index in [2.05, 4.69) is 18.8 Å². The van der Waals surface area contributed by atoms with Gasteiger partial charge in [-0.05, 0) is 39.0 Å². The van der Waals surface area contributed by atoms with Crippen LogP contribution in [0.25, 0.3) is 0 Å². The first-order chi connectivity index (χ1) is 11.9. The number of carbonyl (C=O) groups excluding carboxylic acids is 2. The van der Waals surface area contributed by atoms with Gasteiger partial charge in [-0.2, -0.15) is 0 Å². The van der Waals surface area contributed by atoms with Crippen molar-refractivity contribution in [2.75, 3.05) is 19.7 Å². The lowest BCUT2D eigenvalue weighted by Gasteiger charge is -2.38. The maximum Gasteiger partial charge on any atom is 0.410 e. The van der Waals surface area contributed by atoms with Gasteiger partial charge < -0.3 is 9.64 Å². The first kappa shape index (κ1) is 18.2. The number of thiazole rings is 1. The molecule has 2 aliphatic rings. The molecule has 1 aromatic rings. The van der Waals surface area contributed by atoms with Crippen molar-refractivity contribution in [2.45, 2.75) is 59.0 Å². The highest BCUT2D eigenvalue weighted by Crippen LogP contribution is 2.28. The van der Waals surface area contributed by atoms with Crippen molar-refractivity contribution in [1.29, 1.82) is 0 Å². The minimum absolute atomic E-state index is 0.0734. The highest BCUT2D eigenvalue weighted by atomic mass is 32.1. The van der Waals surface area contributed by atoms with Crippen LogP contribution >= 0.6 is 11.3 Å². The summed E-state index contributed by atoms with van der Waals surface area (Å²) in [4.78, 5) is 33.8. The third-order valence-corrected chi connectivity index (χ3v) is 6.05. The van der Waals surface area contributed by atoms with E-state index in [4.69, 9.17) is 4.74 Å². The van der Waals surface area contributed by atoms with Crippen LogP contribution in [0.5, 0.6) is 0 Å². The number of hydrogen-bond donors (Lipinski definition) is 0. The molecular formula is C18H27N3O3S. The van der Waals surface area contributed by atoms with Crippen molar-refractivity contribution in [1.82, 2.24) is 14.8 Å². The highest BCUT2D eigenvalue weighted by Gasteiger charge is 2.40. The molecule has 2 amide bonds. The van der Waals surface area contributed by atoms with E-state index in [1.807, 2.05) is 23.6 Å². The van der Waals surface area contributed by atoms with Gasteiger partial charge in [-0.15, -0.1) is 11.3 Å². The Kier molecular flexibility index (Phi) is 5.32. The minimum atomic E-state index is -0.190. The Morgan fingerprint density at radius 2 is 2.00 bits per heavy atom. The van der Waals surface area contributed by atoms with Crippen LogP contribution in [0, 0.1) is 19.8 Å². The van der Waals surface area contributed by atoms with Gasteiger partial charge in [-0.25, -0.2) is 9.78 Å². The van der Waals surface area contributed by atoms with Gasteiger partial charge in [-0.1, -0.05) is 13.8 Å². The second-order valence-corrected chi connectivity index (χ2v) is 8.64. The summed E-state index contributed by atoms with van der Waals surface area (Å²) in [5.74, 6) is 0.602. The molecule has 0 spiro atoms. The maximum atomic E-state index is 12.7. The number of amides is 2. The van der Waals surface area contributed by atoms with Gasteiger partial charge in [0.05, 0.1) is 16.7 Å². The molecule has 2 fully saturated rings. The average Bonchev–Trinajstić information content (AvgIpc) is 3.08. The van der Waals surface area contributed by atoms with Gasteiger partial charge >= 0.3 is 6.09 Å². The van der Waals surface area contributed by atoms with Crippen LogP contribution in [0.1, 0.15) is 53.5 Å². The lowest BCUT2D eigenvalue weighted by Crippen LogP contribution is -2.50. The fourth-order valence-corrected chi connectivity index (χ4v) is 4.75. The van der Waals surface area contributed by atoms with Crippen LogP contribution in [0.3, 0.4) is 0 Å². The summed E-state index contributed by atoms with van der Waals surface area (Å²) in [6.45, 7) is 10.0. The Labute approximate surface area is 153 Å². The van der Waals surface area contributed by atoms with E-state index < -0.39 is 0 Å². The van der Waals surface area contributed by atoms with Crippen molar-refractivity contribution in [3.8, 4) is 0 Å². The molecule has 3 rings (SSSR count). The molecule has 0 aromatic carbocycles. The fraction of sp³-hybridized carbons (Fsp3) is 0.722. The molecule has 0 N–H and O–H groups in total. The third-order valence-electron chi connectivity index (χ3n) is 4.99. The number of aromatic nitrogens is 1. The maximum absolute atomic E-state index is 12.7. The summed E-state index contributed by atoms with van der Waals surface area (Å²) in [6, 6.07) is 0.346. The number of likely N-dealkylation sites (tertiary alicyclic amines) is 1. The average molecular weight is 365 g/mol. The van der Waals surface area contributed by atoms with E-state index in [1.165, 1.54) is 11.3 Å². The molecule has 2 saturated heterocycles. The van der Waals surface area contributed by atoms with Gasteiger partial charge in [0.25, 0.3) is 5.91 Å². The number of piperidine rings is 1. The van der Waals surface area contributed by atoms with E-state index >= 15 is 0 Å². The van der Waals surface area contributed by atoms with Gasteiger partial charge in [0.2, 0.25) is 0 Å². The first-order valence-electron chi connectivity index (χ1n) is 9.05. The van der Waals surface area contributed by atoms with Crippen LogP contribution in [0.15, 0.2) is 0 Å². The Hall–Kier alpha value is -1.63. The largest absolute Gasteiger partial charge is 0.447 e. The first-order valence-corrected chi connectivity index (χ1v) is 9.87. The summed E-state index contributed by atoms with van der Waals surface area (Å²) in [7, 11) is 0. The van der Waals surface area contributed by atoms with Gasteiger partial charge in [0.15, 0.2) is 0 Å². The van der Waals surface area contributed by atoms with Crippen LogP contribution in [0.4, 0.5) is 4.79 Å². The quantitative estimate of drug-likeness (QED) is 0.822. The Bertz CT molecular complexity index is 650. The number of carbonyl (C=O) groups is 2. The SMILES string of the molecule is Cc1nc(C)c(C(=O)N2CCC(N3C(=O)OC[C@H]3CC(C)C)CC2)s1. The monoisotopic (exact) mass is 365 g/mol. The zero-order valence-electron chi connectivity index (χ0n) is 15.4. The summed E-state index contributed by atoms with van der Waals surface area (Å²) in [5.41, 5.74) is 0.815. The second-order valence-electron chi connectivity index (χ2n) is 7.44. The Morgan fingerprint density at radius 1 is 1.32 bits per heavy atom. The molecule has 0 radical (unpaired) electrons. The Morgan fingerprint density at radius 3 is 2.56 bits per heavy atom. The second kappa shape index (κ2) is 7.32. The molecule has 0 saturated carbocycles. The predicted molar refractivity (Wildman–Crippen MR) is 96.9 cm³/mol. The highest BCUT2D eigenvalue weighted by molar-refractivity contribution is 7.13. The van der Waals surface area contributed by atoms with Crippen LogP contribution in [0.2, 0.25) is 0 Å². The van der Waals surface area contributed by atoms with Crippen molar-refractivity contribution in [3.63, 3.8) is 0 Å². The molecule has 1 aromatic heterocycles. The predicted octanol–water partition coefficient (Wildman–Crippen LogP) is 3.23. The third kappa shape index (κ3) is 3.81. The molecule has 6 nitrogen and oxygen atoms in total. The minimum Gasteiger partial charge on any atom is -0.447 e. The van der Waals surface area contributed by atoms with Gasteiger partial charge in [0, 0.05) is 19.1 Å². The topological polar surface area (TPSA) is 62.7 Å². The van der Waals surface area contributed by atoms with Crippen LogP contribution < -0.4 is 0 Å². The normalized spacial score (nSPS) is 22.0. The smallest absolute Gasteiger partial charge is 0.410 e. The number of hydrogen-bond acceptors (Lipinski definition) is 5. The molecule has 138 valence electrons. The molecule has 3 heterocycles. The van der Waals surface area contributed by atoms with E-state index in [-0.39, 0.29) is 24.1 Å². The standard InChI is InChI=1S/C18H27N3O3S/c1-11(2)9-15-10-24-18(23)21(15)14-5-7-20(8-6-14)17(22)16-12(3)19-13(4)25-16/h11,14-15H,5-10H2,1-4H3/t15-/m1/s1. The fourth-order valence-electron chi connectivity index (χ4n) is 3.86. The van der Waals surface area contributed by atoms with Crippen molar-refractivity contribution in [3.05, 3.63) is 15.6 Å². The lowest BCUT2D eigenvalue weighted by molar-refractivity contribution is 0.0634. The summed E-state index contributed by atoms with van der Waals surface area (Å²) < 4.78 is 5.29. The molecule has 0 unspecified atom stereocenters. The van der Waals surface area contributed by atoms with Crippen LogP contribution in [-0.4, -0.2) is 58.6 Å². The molecule has 1 atom stereocenters.